The van der Waals surface area contributed by atoms with E-state index in [9.17, 15) is 9.59 Å². The number of aromatic nitrogens is 2. The van der Waals surface area contributed by atoms with Crippen LogP contribution in [0.25, 0.3) is 11.0 Å². The zero-order chi connectivity index (χ0) is 14.0. The molecule has 2 aromatic rings. The molecule has 19 heavy (non-hydrogen) atoms. The van der Waals surface area contributed by atoms with Gasteiger partial charge in [0.25, 0.3) is 5.91 Å². The Labute approximate surface area is 109 Å². The van der Waals surface area contributed by atoms with Gasteiger partial charge in [0.05, 0.1) is 5.56 Å². The van der Waals surface area contributed by atoms with E-state index >= 15 is 0 Å². The van der Waals surface area contributed by atoms with Gasteiger partial charge < -0.3 is 15.4 Å². The van der Waals surface area contributed by atoms with Crippen LogP contribution in [0, 0.1) is 5.92 Å². The van der Waals surface area contributed by atoms with Crippen molar-refractivity contribution in [2.45, 2.75) is 19.9 Å². The van der Waals surface area contributed by atoms with Crippen molar-refractivity contribution in [1.29, 1.82) is 0 Å². The van der Waals surface area contributed by atoms with E-state index in [1.165, 1.54) is 6.20 Å². The Balaban J connectivity index is 2.27. The zero-order valence-electron chi connectivity index (χ0n) is 10.7. The van der Waals surface area contributed by atoms with Crippen LogP contribution in [0.4, 0.5) is 0 Å². The molecule has 0 unspecified atom stereocenters. The third-order valence-corrected chi connectivity index (χ3v) is 2.92. The number of aromatic amines is 1. The predicted molar refractivity (Wildman–Crippen MR) is 69.8 cm³/mol. The number of fused-ring (bicyclic) bond motifs is 1. The van der Waals surface area contributed by atoms with Crippen molar-refractivity contribution in [3.05, 3.63) is 30.1 Å². The Morgan fingerprint density at radius 2 is 2.16 bits per heavy atom. The topological polar surface area (TPSA) is 95.1 Å². The van der Waals surface area contributed by atoms with Crippen LogP contribution in [0.1, 0.15) is 24.2 Å². The number of carbonyl (C=O) groups excluding carboxylic acids is 1. The minimum Gasteiger partial charge on any atom is -0.480 e. The quantitative estimate of drug-likeness (QED) is 0.775. The van der Waals surface area contributed by atoms with Crippen molar-refractivity contribution < 1.29 is 14.7 Å². The van der Waals surface area contributed by atoms with E-state index in [4.69, 9.17) is 5.11 Å². The van der Waals surface area contributed by atoms with Crippen molar-refractivity contribution in [3.63, 3.8) is 0 Å². The third kappa shape index (κ3) is 2.57. The van der Waals surface area contributed by atoms with Gasteiger partial charge in [-0.05, 0) is 18.1 Å². The summed E-state index contributed by atoms with van der Waals surface area (Å²) in [5.74, 6) is -1.65. The Morgan fingerprint density at radius 1 is 1.42 bits per heavy atom. The number of carbonyl (C=O) groups is 2. The third-order valence-electron chi connectivity index (χ3n) is 2.92. The van der Waals surface area contributed by atoms with Crippen molar-refractivity contribution >= 4 is 22.9 Å². The Kier molecular flexibility index (Phi) is 3.50. The second-order valence-electron chi connectivity index (χ2n) is 4.64. The SMILES string of the molecule is CC(C)[C@@H](NC(=O)c1c[nH]c2ncccc12)C(=O)O. The summed E-state index contributed by atoms with van der Waals surface area (Å²) in [6.07, 6.45) is 3.15. The standard InChI is InChI=1S/C13H15N3O3/c1-7(2)10(13(18)19)16-12(17)9-6-15-11-8(9)4-3-5-14-11/h3-7,10H,1-2H3,(H,14,15)(H,16,17)(H,18,19)/t10-/m1/s1. The molecule has 0 aliphatic carbocycles. The highest BCUT2D eigenvalue weighted by Gasteiger charge is 2.25. The normalized spacial score (nSPS) is 12.6. The average Bonchev–Trinajstić information content (AvgIpc) is 2.78. The highest BCUT2D eigenvalue weighted by molar-refractivity contribution is 6.06. The summed E-state index contributed by atoms with van der Waals surface area (Å²) in [6, 6.07) is 2.58. The number of amides is 1. The molecule has 6 heteroatoms. The molecular weight excluding hydrogens is 246 g/mol. The molecule has 0 aliphatic heterocycles. The van der Waals surface area contributed by atoms with Gasteiger partial charge in [0.1, 0.15) is 11.7 Å². The van der Waals surface area contributed by atoms with Crippen LogP contribution in [0.5, 0.6) is 0 Å². The monoisotopic (exact) mass is 261 g/mol. The first-order chi connectivity index (χ1) is 9.00. The van der Waals surface area contributed by atoms with Crippen LogP contribution in [0.15, 0.2) is 24.5 Å². The van der Waals surface area contributed by atoms with Crippen LogP contribution < -0.4 is 5.32 Å². The number of rotatable bonds is 4. The fourth-order valence-electron chi connectivity index (χ4n) is 1.88. The largest absolute Gasteiger partial charge is 0.480 e. The van der Waals surface area contributed by atoms with Gasteiger partial charge in [-0.2, -0.15) is 0 Å². The van der Waals surface area contributed by atoms with Crippen molar-refractivity contribution in [3.8, 4) is 0 Å². The van der Waals surface area contributed by atoms with Crippen LogP contribution >= 0.6 is 0 Å². The number of hydrogen-bond donors (Lipinski definition) is 3. The minimum atomic E-state index is -1.04. The Bertz CT molecular complexity index is 618. The zero-order valence-corrected chi connectivity index (χ0v) is 10.7. The smallest absolute Gasteiger partial charge is 0.326 e. The molecule has 0 saturated carbocycles. The number of carboxylic acid groups (broad SMARTS) is 1. The summed E-state index contributed by atoms with van der Waals surface area (Å²) < 4.78 is 0. The molecule has 1 amide bonds. The lowest BCUT2D eigenvalue weighted by Gasteiger charge is -2.17. The van der Waals surface area contributed by atoms with Crippen LogP contribution in [-0.4, -0.2) is 33.0 Å². The van der Waals surface area contributed by atoms with Gasteiger partial charge in [0.2, 0.25) is 0 Å². The number of hydrogen-bond acceptors (Lipinski definition) is 3. The summed E-state index contributed by atoms with van der Waals surface area (Å²) >= 11 is 0. The molecule has 2 heterocycles. The van der Waals surface area contributed by atoms with E-state index in [1.54, 1.807) is 32.2 Å². The molecule has 2 aromatic heterocycles. The van der Waals surface area contributed by atoms with Gasteiger partial charge >= 0.3 is 5.97 Å². The molecular formula is C13H15N3O3. The summed E-state index contributed by atoms with van der Waals surface area (Å²) in [6.45, 7) is 3.49. The molecule has 3 N–H and O–H groups in total. The molecule has 0 fully saturated rings. The van der Waals surface area contributed by atoms with Gasteiger partial charge in [0.15, 0.2) is 0 Å². The number of H-pyrrole nitrogens is 1. The highest BCUT2D eigenvalue weighted by atomic mass is 16.4. The lowest BCUT2D eigenvalue weighted by atomic mass is 10.0. The lowest BCUT2D eigenvalue weighted by Crippen LogP contribution is -2.44. The first-order valence-electron chi connectivity index (χ1n) is 5.96. The number of nitrogens with one attached hydrogen (secondary N) is 2. The average molecular weight is 261 g/mol. The van der Waals surface area contributed by atoms with Crippen molar-refractivity contribution in [2.75, 3.05) is 0 Å². The van der Waals surface area contributed by atoms with Crippen LogP contribution in [0.2, 0.25) is 0 Å². The first-order valence-corrected chi connectivity index (χ1v) is 5.96. The molecule has 2 rings (SSSR count). The van der Waals surface area contributed by atoms with Gasteiger partial charge in [0, 0.05) is 17.8 Å². The number of pyridine rings is 1. The summed E-state index contributed by atoms with van der Waals surface area (Å²) in [5.41, 5.74) is 0.999. The van der Waals surface area contributed by atoms with E-state index in [0.717, 1.165) is 0 Å². The van der Waals surface area contributed by atoms with Gasteiger partial charge in [-0.25, -0.2) is 9.78 Å². The maximum absolute atomic E-state index is 12.1. The van der Waals surface area contributed by atoms with E-state index in [0.29, 0.717) is 16.6 Å². The second-order valence-corrected chi connectivity index (χ2v) is 4.64. The molecule has 100 valence electrons. The molecule has 0 aliphatic rings. The van der Waals surface area contributed by atoms with E-state index < -0.39 is 17.9 Å². The molecule has 1 atom stereocenters. The van der Waals surface area contributed by atoms with Gasteiger partial charge in [-0.15, -0.1) is 0 Å². The number of nitrogens with zero attached hydrogens (tertiary/aromatic N) is 1. The van der Waals surface area contributed by atoms with E-state index in [2.05, 4.69) is 15.3 Å². The first kappa shape index (κ1) is 13.1. The second kappa shape index (κ2) is 5.09. The van der Waals surface area contributed by atoms with E-state index in [1.807, 2.05) is 0 Å². The molecule has 0 bridgehead atoms. The van der Waals surface area contributed by atoms with Crippen molar-refractivity contribution in [1.82, 2.24) is 15.3 Å². The molecule has 0 spiro atoms. The van der Waals surface area contributed by atoms with Crippen LogP contribution in [0.3, 0.4) is 0 Å². The lowest BCUT2D eigenvalue weighted by molar-refractivity contribution is -0.140. The minimum absolute atomic E-state index is 0.190. The molecule has 0 radical (unpaired) electrons. The fourth-order valence-corrected chi connectivity index (χ4v) is 1.88. The van der Waals surface area contributed by atoms with Crippen molar-refractivity contribution in [2.24, 2.45) is 5.92 Å². The molecule has 0 saturated heterocycles. The number of carboxylic acids is 1. The van der Waals surface area contributed by atoms with E-state index in [-0.39, 0.29) is 5.92 Å². The maximum atomic E-state index is 12.1. The maximum Gasteiger partial charge on any atom is 0.326 e. The highest BCUT2D eigenvalue weighted by Crippen LogP contribution is 2.16. The van der Waals surface area contributed by atoms with Gasteiger partial charge in [-0.1, -0.05) is 13.8 Å². The molecule has 0 aromatic carbocycles. The fraction of sp³-hybridized carbons (Fsp3) is 0.308. The van der Waals surface area contributed by atoms with Crippen LogP contribution in [-0.2, 0) is 4.79 Å². The molecule has 6 nitrogen and oxygen atoms in total. The Morgan fingerprint density at radius 3 is 2.79 bits per heavy atom. The summed E-state index contributed by atoms with van der Waals surface area (Å²) in [4.78, 5) is 30.2. The number of aliphatic carboxylic acids is 1. The predicted octanol–water partition coefficient (Wildman–Crippen LogP) is 1.40. The summed E-state index contributed by atoms with van der Waals surface area (Å²) in [7, 11) is 0. The van der Waals surface area contributed by atoms with Gasteiger partial charge in [-0.3, -0.25) is 4.79 Å². The Hall–Kier alpha value is -2.37. The summed E-state index contributed by atoms with van der Waals surface area (Å²) in [5, 5.41) is 12.3.